The number of nitrogens with one attached hydrogen (secondary N) is 1. The summed E-state index contributed by atoms with van der Waals surface area (Å²) < 4.78 is 5.79. The molecule has 1 aromatic rings. The Morgan fingerprint density at radius 2 is 2.43 bits per heavy atom. The van der Waals surface area contributed by atoms with E-state index in [0.717, 1.165) is 25.6 Å². The van der Waals surface area contributed by atoms with Crippen molar-refractivity contribution in [2.45, 2.75) is 31.4 Å². The van der Waals surface area contributed by atoms with Crippen molar-refractivity contribution < 1.29 is 4.74 Å². The summed E-state index contributed by atoms with van der Waals surface area (Å²) >= 11 is 1.87. The molecular formula is C11H15NOS. The number of thiophene rings is 1. The van der Waals surface area contributed by atoms with E-state index in [2.05, 4.69) is 16.8 Å². The molecule has 76 valence electrons. The molecule has 0 radical (unpaired) electrons. The maximum Gasteiger partial charge on any atom is 0.0960 e. The van der Waals surface area contributed by atoms with Gasteiger partial charge in [-0.2, -0.15) is 0 Å². The Bertz CT molecular complexity index is 319. The Balaban J connectivity index is 1.68. The quantitative estimate of drug-likeness (QED) is 0.823. The van der Waals surface area contributed by atoms with E-state index in [4.69, 9.17) is 4.74 Å². The van der Waals surface area contributed by atoms with Gasteiger partial charge in [0, 0.05) is 23.9 Å². The van der Waals surface area contributed by atoms with Crippen LogP contribution >= 0.6 is 11.3 Å². The van der Waals surface area contributed by atoms with Gasteiger partial charge in [-0.1, -0.05) is 0 Å². The van der Waals surface area contributed by atoms with Crippen molar-refractivity contribution in [3.05, 3.63) is 21.9 Å². The zero-order chi connectivity index (χ0) is 9.38. The highest BCUT2D eigenvalue weighted by Gasteiger charge is 2.25. The van der Waals surface area contributed by atoms with Gasteiger partial charge in [-0.15, -0.1) is 11.3 Å². The highest BCUT2D eigenvalue weighted by molar-refractivity contribution is 7.10. The number of fused-ring (bicyclic) bond motifs is 1. The predicted molar refractivity (Wildman–Crippen MR) is 57.7 cm³/mol. The van der Waals surface area contributed by atoms with Crippen LogP contribution in [0.1, 0.15) is 29.4 Å². The monoisotopic (exact) mass is 209 g/mol. The smallest absolute Gasteiger partial charge is 0.0960 e. The number of rotatable bonds is 3. The van der Waals surface area contributed by atoms with Gasteiger partial charge >= 0.3 is 0 Å². The fourth-order valence-electron chi connectivity index (χ4n) is 1.95. The summed E-state index contributed by atoms with van der Waals surface area (Å²) in [5.74, 6) is 0. The molecule has 1 atom stereocenters. The molecule has 1 aromatic heterocycles. The van der Waals surface area contributed by atoms with Crippen molar-refractivity contribution in [2.24, 2.45) is 0 Å². The Kier molecular flexibility index (Phi) is 2.32. The molecule has 1 aliphatic heterocycles. The van der Waals surface area contributed by atoms with Gasteiger partial charge < -0.3 is 10.1 Å². The fourth-order valence-corrected chi connectivity index (χ4v) is 2.87. The Morgan fingerprint density at radius 1 is 1.50 bits per heavy atom. The van der Waals surface area contributed by atoms with Crippen LogP contribution in [0.4, 0.5) is 0 Å². The molecule has 2 heterocycles. The minimum atomic E-state index is 0.311. The second-order valence-corrected chi connectivity index (χ2v) is 5.09. The second kappa shape index (κ2) is 3.65. The van der Waals surface area contributed by atoms with Crippen LogP contribution in [0.15, 0.2) is 11.4 Å². The molecule has 1 aliphatic carbocycles. The van der Waals surface area contributed by atoms with Crippen molar-refractivity contribution in [3.63, 3.8) is 0 Å². The zero-order valence-electron chi connectivity index (χ0n) is 8.16. The van der Waals surface area contributed by atoms with Crippen LogP contribution in [-0.4, -0.2) is 19.2 Å². The van der Waals surface area contributed by atoms with Gasteiger partial charge in [-0.05, 0) is 29.9 Å². The van der Waals surface area contributed by atoms with Crippen LogP contribution in [0.2, 0.25) is 0 Å². The first-order valence-electron chi connectivity index (χ1n) is 5.35. The molecule has 1 saturated carbocycles. The van der Waals surface area contributed by atoms with E-state index in [0.29, 0.717) is 6.10 Å². The molecule has 3 heteroatoms. The zero-order valence-corrected chi connectivity index (χ0v) is 8.98. The fraction of sp³-hybridized carbons (Fsp3) is 0.636. The maximum absolute atomic E-state index is 5.79. The topological polar surface area (TPSA) is 21.3 Å². The van der Waals surface area contributed by atoms with Gasteiger partial charge in [0.05, 0.1) is 12.7 Å². The van der Waals surface area contributed by atoms with Crippen molar-refractivity contribution in [1.82, 2.24) is 5.32 Å². The van der Waals surface area contributed by atoms with E-state index in [1.165, 1.54) is 23.3 Å². The molecule has 2 aliphatic rings. The molecule has 0 bridgehead atoms. The van der Waals surface area contributed by atoms with Crippen LogP contribution in [0.5, 0.6) is 0 Å². The molecule has 3 rings (SSSR count). The van der Waals surface area contributed by atoms with E-state index in [1.807, 2.05) is 11.3 Å². The van der Waals surface area contributed by atoms with Crippen LogP contribution in [-0.2, 0) is 11.2 Å². The molecule has 1 N–H and O–H groups in total. The van der Waals surface area contributed by atoms with Crippen molar-refractivity contribution in [3.8, 4) is 0 Å². The van der Waals surface area contributed by atoms with E-state index in [9.17, 15) is 0 Å². The van der Waals surface area contributed by atoms with Crippen LogP contribution in [0.3, 0.4) is 0 Å². The minimum Gasteiger partial charge on any atom is -0.372 e. The van der Waals surface area contributed by atoms with Crippen LogP contribution in [0, 0.1) is 0 Å². The normalized spacial score (nSPS) is 26.1. The lowest BCUT2D eigenvalue weighted by molar-refractivity contribution is 0.0436. The summed E-state index contributed by atoms with van der Waals surface area (Å²) in [5.41, 5.74) is 1.43. The summed E-state index contributed by atoms with van der Waals surface area (Å²) in [7, 11) is 0. The Morgan fingerprint density at radius 3 is 3.29 bits per heavy atom. The molecule has 2 nitrogen and oxygen atoms in total. The van der Waals surface area contributed by atoms with Crippen LogP contribution < -0.4 is 5.32 Å². The number of ether oxygens (including phenoxy) is 1. The SMILES string of the molecule is c1cc2c(s1)CCO[C@@H]2CNC1CC1. The van der Waals surface area contributed by atoms with Gasteiger partial charge in [-0.3, -0.25) is 0 Å². The number of hydrogen-bond acceptors (Lipinski definition) is 3. The van der Waals surface area contributed by atoms with Gasteiger partial charge in [0.25, 0.3) is 0 Å². The summed E-state index contributed by atoms with van der Waals surface area (Å²) in [4.78, 5) is 1.53. The van der Waals surface area contributed by atoms with E-state index in [1.54, 1.807) is 0 Å². The van der Waals surface area contributed by atoms with Gasteiger partial charge in [0.2, 0.25) is 0 Å². The van der Waals surface area contributed by atoms with E-state index >= 15 is 0 Å². The molecule has 14 heavy (non-hydrogen) atoms. The lowest BCUT2D eigenvalue weighted by Crippen LogP contribution is -2.27. The first-order valence-corrected chi connectivity index (χ1v) is 6.23. The van der Waals surface area contributed by atoms with Gasteiger partial charge in [-0.25, -0.2) is 0 Å². The predicted octanol–water partition coefficient (Wildman–Crippen LogP) is 2.11. The largest absolute Gasteiger partial charge is 0.372 e. The summed E-state index contributed by atoms with van der Waals surface area (Å²) in [5, 5.41) is 5.72. The van der Waals surface area contributed by atoms with Crippen LogP contribution in [0.25, 0.3) is 0 Å². The van der Waals surface area contributed by atoms with Crippen molar-refractivity contribution in [1.29, 1.82) is 0 Å². The Hall–Kier alpha value is -0.380. The molecule has 0 amide bonds. The third-order valence-corrected chi connectivity index (χ3v) is 3.94. The number of hydrogen-bond donors (Lipinski definition) is 1. The van der Waals surface area contributed by atoms with E-state index < -0.39 is 0 Å². The second-order valence-electron chi connectivity index (χ2n) is 4.09. The maximum atomic E-state index is 5.79. The molecular weight excluding hydrogens is 194 g/mol. The lowest BCUT2D eigenvalue weighted by atomic mass is 10.1. The minimum absolute atomic E-state index is 0.311. The van der Waals surface area contributed by atoms with E-state index in [-0.39, 0.29) is 0 Å². The Labute approximate surface area is 88.3 Å². The van der Waals surface area contributed by atoms with Gasteiger partial charge in [0.15, 0.2) is 0 Å². The molecule has 0 aromatic carbocycles. The van der Waals surface area contributed by atoms with Crippen molar-refractivity contribution >= 4 is 11.3 Å². The standard InChI is InChI=1S/C11H15NOS/c1-2-8(1)12-7-10-9-4-6-14-11(9)3-5-13-10/h4,6,8,10,12H,1-3,5,7H2/t10-/m1/s1. The van der Waals surface area contributed by atoms with Gasteiger partial charge in [0.1, 0.15) is 0 Å². The third-order valence-electron chi connectivity index (χ3n) is 2.94. The third kappa shape index (κ3) is 1.72. The highest BCUT2D eigenvalue weighted by Crippen LogP contribution is 2.31. The summed E-state index contributed by atoms with van der Waals surface area (Å²) in [6.07, 6.45) is 4.12. The lowest BCUT2D eigenvalue weighted by Gasteiger charge is -2.23. The van der Waals surface area contributed by atoms with Crippen molar-refractivity contribution in [2.75, 3.05) is 13.2 Å². The average Bonchev–Trinajstić information content (AvgIpc) is 2.91. The highest BCUT2D eigenvalue weighted by atomic mass is 32.1. The first-order chi connectivity index (χ1) is 6.93. The molecule has 0 spiro atoms. The summed E-state index contributed by atoms with van der Waals surface area (Å²) in [6, 6.07) is 3.00. The molecule has 1 fully saturated rings. The molecule has 0 unspecified atom stereocenters. The first kappa shape index (κ1) is 8.89. The molecule has 0 saturated heterocycles. The summed E-state index contributed by atoms with van der Waals surface area (Å²) in [6.45, 7) is 1.89. The average molecular weight is 209 g/mol.